The van der Waals surface area contributed by atoms with Crippen LogP contribution in [0, 0.1) is 0 Å². The standard InChI is InChI=1S/C14H24N2O.ClH/c1-4-9-17-14-6-5-12(7-8-15)10-13(14)11-16(2)3;/h5-6,10H,4,7-9,11,15H2,1-3H3;1H. The molecule has 104 valence electrons. The van der Waals surface area contributed by atoms with E-state index in [1.54, 1.807) is 0 Å². The molecule has 0 amide bonds. The third-order valence-electron chi connectivity index (χ3n) is 2.51. The first-order valence-corrected chi connectivity index (χ1v) is 6.26. The third kappa shape index (κ3) is 5.71. The highest BCUT2D eigenvalue weighted by Gasteiger charge is 2.06. The van der Waals surface area contributed by atoms with Gasteiger partial charge in [-0.1, -0.05) is 19.1 Å². The summed E-state index contributed by atoms with van der Waals surface area (Å²) in [5.41, 5.74) is 8.12. The van der Waals surface area contributed by atoms with Crippen LogP contribution in [0.25, 0.3) is 0 Å². The van der Waals surface area contributed by atoms with E-state index >= 15 is 0 Å². The van der Waals surface area contributed by atoms with Crippen molar-refractivity contribution in [2.45, 2.75) is 26.3 Å². The molecule has 0 saturated carbocycles. The second-order valence-corrected chi connectivity index (χ2v) is 4.57. The van der Waals surface area contributed by atoms with Gasteiger partial charge in [0.25, 0.3) is 0 Å². The zero-order valence-corrected chi connectivity index (χ0v) is 12.4. The van der Waals surface area contributed by atoms with Gasteiger partial charge in [0.15, 0.2) is 0 Å². The molecule has 0 aromatic heterocycles. The molecule has 0 aliphatic carbocycles. The first-order valence-electron chi connectivity index (χ1n) is 6.26. The summed E-state index contributed by atoms with van der Waals surface area (Å²) < 4.78 is 5.76. The highest BCUT2D eigenvalue weighted by molar-refractivity contribution is 5.85. The average molecular weight is 273 g/mol. The lowest BCUT2D eigenvalue weighted by Crippen LogP contribution is -2.13. The van der Waals surface area contributed by atoms with Gasteiger partial charge in [0.2, 0.25) is 0 Å². The van der Waals surface area contributed by atoms with Gasteiger partial charge in [-0.25, -0.2) is 0 Å². The Morgan fingerprint density at radius 1 is 1.28 bits per heavy atom. The molecule has 2 N–H and O–H groups in total. The summed E-state index contributed by atoms with van der Waals surface area (Å²) in [6, 6.07) is 6.38. The molecule has 0 aliphatic heterocycles. The molecule has 4 heteroatoms. The molecule has 0 atom stereocenters. The lowest BCUT2D eigenvalue weighted by atomic mass is 10.1. The Bertz CT molecular complexity index is 343. The van der Waals surface area contributed by atoms with E-state index in [4.69, 9.17) is 10.5 Å². The zero-order chi connectivity index (χ0) is 12.7. The van der Waals surface area contributed by atoms with E-state index in [9.17, 15) is 0 Å². The average Bonchev–Trinajstić information content (AvgIpc) is 2.28. The maximum absolute atomic E-state index is 5.76. The maximum Gasteiger partial charge on any atom is 0.123 e. The number of benzene rings is 1. The number of nitrogens with zero attached hydrogens (tertiary/aromatic N) is 1. The minimum absolute atomic E-state index is 0. The van der Waals surface area contributed by atoms with Gasteiger partial charge in [0.1, 0.15) is 5.75 Å². The Balaban J connectivity index is 0.00000289. The first kappa shape index (κ1) is 17.2. The molecule has 0 fully saturated rings. The number of halogens is 1. The number of hydrogen-bond donors (Lipinski definition) is 1. The van der Waals surface area contributed by atoms with Crippen molar-refractivity contribution in [2.24, 2.45) is 5.73 Å². The van der Waals surface area contributed by atoms with Crippen LogP contribution in [0.3, 0.4) is 0 Å². The second-order valence-electron chi connectivity index (χ2n) is 4.57. The summed E-state index contributed by atoms with van der Waals surface area (Å²) in [5.74, 6) is 1.00. The Morgan fingerprint density at radius 2 is 2.00 bits per heavy atom. The highest BCUT2D eigenvalue weighted by Crippen LogP contribution is 2.22. The van der Waals surface area contributed by atoms with Crippen molar-refractivity contribution < 1.29 is 4.74 Å². The van der Waals surface area contributed by atoms with Crippen LogP contribution >= 0.6 is 12.4 Å². The minimum Gasteiger partial charge on any atom is -0.493 e. The van der Waals surface area contributed by atoms with E-state index in [1.165, 1.54) is 11.1 Å². The minimum atomic E-state index is 0. The monoisotopic (exact) mass is 272 g/mol. The molecule has 0 saturated heterocycles. The predicted octanol–water partition coefficient (Wildman–Crippen LogP) is 2.46. The largest absolute Gasteiger partial charge is 0.493 e. The van der Waals surface area contributed by atoms with E-state index in [1.807, 2.05) is 0 Å². The van der Waals surface area contributed by atoms with Gasteiger partial charge in [-0.3, -0.25) is 0 Å². The highest BCUT2D eigenvalue weighted by atomic mass is 35.5. The Kier molecular flexibility index (Phi) is 8.81. The van der Waals surface area contributed by atoms with E-state index in [0.717, 1.165) is 31.7 Å². The maximum atomic E-state index is 5.76. The molecule has 0 radical (unpaired) electrons. The van der Waals surface area contributed by atoms with Crippen LogP contribution in [-0.4, -0.2) is 32.1 Å². The molecule has 1 rings (SSSR count). The quantitative estimate of drug-likeness (QED) is 0.829. The number of ether oxygens (including phenoxy) is 1. The molecular weight excluding hydrogens is 248 g/mol. The zero-order valence-electron chi connectivity index (χ0n) is 11.6. The van der Waals surface area contributed by atoms with Crippen LogP contribution < -0.4 is 10.5 Å². The molecule has 0 aliphatic rings. The van der Waals surface area contributed by atoms with Gasteiger partial charge in [-0.05, 0) is 45.1 Å². The van der Waals surface area contributed by atoms with Crippen molar-refractivity contribution in [2.75, 3.05) is 27.2 Å². The molecule has 0 heterocycles. The van der Waals surface area contributed by atoms with Crippen molar-refractivity contribution in [3.05, 3.63) is 29.3 Å². The Hall–Kier alpha value is -0.770. The van der Waals surface area contributed by atoms with Crippen LogP contribution in [-0.2, 0) is 13.0 Å². The van der Waals surface area contributed by atoms with Crippen LogP contribution in [0.2, 0.25) is 0 Å². The van der Waals surface area contributed by atoms with Crippen molar-refractivity contribution in [1.29, 1.82) is 0 Å². The summed E-state index contributed by atoms with van der Waals surface area (Å²) in [6.07, 6.45) is 1.96. The molecule has 0 spiro atoms. The van der Waals surface area contributed by atoms with Gasteiger partial charge in [0.05, 0.1) is 6.61 Å². The molecular formula is C14H25ClN2O. The van der Waals surface area contributed by atoms with Gasteiger partial charge in [0, 0.05) is 12.1 Å². The number of rotatable bonds is 7. The molecule has 1 aromatic carbocycles. The van der Waals surface area contributed by atoms with Gasteiger partial charge < -0.3 is 15.4 Å². The smallest absolute Gasteiger partial charge is 0.123 e. The van der Waals surface area contributed by atoms with E-state index < -0.39 is 0 Å². The van der Waals surface area contributed by atoms with Crippen molar-refractivity contribution in [1.82, 2.24) is 4.90 Å². The van der Waals surface area contributed by atoms with Gasteiger partial charge in [-0.15, -0.1) is 12.4 Å². The SMILES string of the molecule is CCCOc1ccc(CCN)cc1CN(C)C.Cl. The predicted molar refractivity (Wildman–Crippen MR) is 79.6 cm³/mol. The van der Waals surface area contributed by atoms with E-state index in [-0.39, 0.29) is 12.4 Å². The summed E-state index contributed by atoms with van der Waals surface area (Å²) in [7, 11) is 4.14. The summed E-state index contributed by atoms with van der Waals surface area (Å²) in [4.78, 5) is 2.15. The van der Waals surface area contributed by atoms with Crippen molar-refractivity contribution in [3.63, 3.8) is 0 Å². The van der Waals surface area contributed by atoms with Crippen molar-refractivity contribution >= 4 is 12.4 Å². The van der Waals surface area contributed by atoms with Crippen LogP contribution in [0.1, 0.15) is 24.5 Å². The number of nitrogens with two attached hydrogens (primary N) is 1. The second kappa shape index (κ2) is 9.20. The summed E-state index contributed by atoms with van der Waals surface area (Å²) in [5, 5.41) is 0. The van der Waals surface area contributed by atoms with E-state index in [2.05, 4.69) is 44.1 Å². The van der Waals surface area contributed by atoms with Crippen molar-refractivity contribution in [3.8, 4) is 5.75 Å². The van der Waals surface area contributed by atoms with Gasteiger partial charge >= 0.3 is 0 Å². The molecule has 18 heavy (non-hydrogen) atoms. The Labute approximate surface area is 117 Å². The van der Waals surface area contributed by atoms with Gasteiger partial charge in [-0.2, -0.15) is 0 Å². The fourth-order valence-corrected chi connectivity index (χ4v) is 1.77. The van der Waals surface area contributed by atoms with Crippen LogP contribution in [0.5, 0.6) is 5.75 Å². The number of hydrogen-bond acceptors (Lipinski definition) is 3. The normalized spacial score (nSPS) is 10.3. The molecule has 0 bridgehead atoms. The lowest BCUT2D eigenvalue weighted by Gasteiger charge is -2.16. The van der Waals surface area contributed by atoms with E-state index in [0.29, 0.717) is 6.54 Å². The molecule has 0 unspecified atom stereocenters. The molecule has 1 aromatic rings. The third-order valence-corrected chi connectivity index (χ3v) is 2.51. The molecule has 3 nitrogen and oxygen atoms in total. The topological polar surface area (TPSA) is 38.5 Å². The van der Waals surface area contributed by atoms with Crippen LogP contribution in [0.15, 0.2) is 18.2 Å². The lowest BCUT2D eigenvalue weighted by molar-refractivity contribution is 0.306. The Morgan fingerprint density at radius 3 is 2.56 bits per heavy atom. The fourth-order valence-electron chi connectivity index (χ4n) is 1.77. The fraction of sp³-hybridized carbons (Fsp3) is 0.571. The summed E-state index contributed by atoms with van der Waals surface area (Å²) in [6.45, 7) is 4.49. The summed E-state index contributed by atoms with van der Waals surface area (Å²) >= 11 is 0. The van der Waals surface area contributed by atoms with Crippen LogP contribution in [0.4, 0.5) is 0 Å². The first-order chi connectivity index (χ1) is 8.17.